The van der Waals surface area contributed by atoms with Crippen molar-refractivity contribution in [2.24, 2.45) is 7.05 Å². The molecule has 1 aliphatic heterocycles. The van der Waals surface area contributed by atoms with Gasteiger partial charge in [-0.1, -0.05) is 0 Å². The molecule has 120 valence electrons. The third kappa shape index (κ3) is 2.28. The second-order valence-corrected chi connectivity index (χ2v) is 7.19. The topological polar surface area (TPSA) is 75.8 Å². The zero-order chi connectivity index (χ0) is 16.2. The molecular formula is C16H18BrN5O. The molecule has 2 aromatic heterocycles. The highest BCUT2D eigenvalue weighted by atomic mass is 79.9. The van der Waals surface area contributed by atoms with E-state index in [0.717, 1.165) is 41.7 Å². The van der Waals surface area contributed by atoms with E-state index in [2.05, 4.69) is 45.4 Å². The predicted octanol–water partition coefficient (Wildman–Crippen LogP) is 2.34. The lowest BCUT2D eigenvalue weighted by atomic mass is 9.94. The van der Waals surface area contributed by atoms with E-state index in [-0.39, 0.29) is 12.1 Å². The molecule has 23 heavy (non-hydrogen) atoms. The lowest BCUT2D eigenvalue weighted by Crippen LogP contribution is -2.41. The summed E-state index contributed by atoms with van der Waals surface area (Å²) in [5.74, 6) is 0. The van der Waals surface area contributed by atoms with Crippen LogP contribution >= 0.6 is 15.9 Å². The van der Waals surface area contributed by atoms with Crippen LogP contribution in [-0.2, 0) is 17.2 Å². The van der Waals surface area contributed by atoms with Crippen LogP contribution in [0.15, 0.2) is 10.7 Å². The van der Waals surface area contributed by atoms with Gasteiger partial charge in [0.05, 0.1) is 29.3 Å². The summed E-state index contributed by atoms with van der Waals surface area (Å²) in [7, 11) is 1.90. The number of hydrogen-bond acceptors (Lipinski definition) is 5. The summed E-state index contributed by atoms with van der Waals surface area (Å²) in [4.78, 5) is 4.80. The van der Waals surface area contributed by atoms with Gasteiger partial charge in [0, 0.05) is 25.2 Å². The van der Waals surface area contributed by atoms with Gasteiger partial charge in [0.2, 0.25) is 0 Å². The summed E-state index contributed by atoms with van der Waals surface area (Å²) in [5, 5.41) is 17.5. The van der Waals surface area contributed by atoms with Crippen LogP contribution in [0.2, 0.25) is 0 Å². The predicted molar refractivity (Wildman–Crippen MR) is 88.9 cm³/mol. The fourth-order valence-corrected chi connectivity index (χ4v) is 3.92. The van der Waals surface area contributed by atoms with E-state index in [1.165, 1.54) is 0 Å². The summed E-state index contributed by atoms with van der Waals surface area (Å²) in [6.07, 6.45) is 1.68. The first-order chi connectivity index (χ1) is 11.1. The second kappa shape index (κ2) is 5.26. The highest BCUT2D eigenvalue weighted by Gasteiger charge is 2.47. The van der Waals surface area contributed by atoms with Crippen LogP contribution in [-0.4, -0.2) is 34.0 Å². The Morgan fingerprint density at radius 2 is 2.30 bits per heavy atom. The molecule has 2 aliphatic rings. The third-order valence-corrected chi connectivity index (χ3v) is 5.39. The Morgan fingerprint density at radius 3 is 2.96 bits per heavy atom. The van der Waals surface area contributed by atoms with Gasteiger partial charge in [0.25, 0.3) is 0 Å². The van der Waals surface area contributed by atoms with Gasteiger partial charge in [0.1, 0.15) is 11.6 Å². The molecule has 2 fully saturated rings. The Labute approximate surface area is 143 Å². The van der Waals surface area contributed by atoms with E-state index in [9.17, 15) is 5.26 Å². The minimum Gasteiger partial charge on any atom is -0.369 e. The Morgan fingerprint density at radius 1 is 1.52 bits per heavy atom. The smallest absolute Gasteiger partial charge is 0.154 e. The SMILES string of the molecule is CC1NCCOC1c1cc(C2(C#N)CC2)c2c(n1)c(Br)nn2C. The van der Waals surface area contributed by atoms with Gasteiger partial charge in [-0.3, -0.25) is 4.68 Å². The van der Waals surface area contributed by atoms with Crippen LogP contribution in [0.25, 0.3) is 11.0 Å². The molecule has 0 bridgehead atoms. The average molecular weight is 376 g/mol. The normalized spacial score (nSPS) is 26.2. The van der Waals surface area contributed by atoms with Crippen molar-refractivity contribution in [3.63, 3.8) is 0 Å². The van der Waals surface area contributed by atoms with Gasteiger partial charge >= 0.3 is 0 Å². The minimum atomic E-state index is -0.394. The van der Waals surface area contributed by atoms with Crippen molar-refractivity contribution in [2.75, 3.05) is 13.2 Å². The maximum Gasteiger partial charge on any atom is 0.154 e. The van der Waals surface area contributed by atoms with E-state index in [4.69, 9.17) is 9.72 Å². The number of pyridine rings is 1. The van der Waals surface area contributed by atoms with E-state index >= 15 is 0 Å². The Bertz CT molecular complexity index is 820. The molecule has 1 aliphatic carbocycles. The third-order valence-electron chi connectivity index (χ3n) is 4.86. The molecule has 0 spiro atoms. The van der Waals surface area contributed by atoms with Gasteiger partial charge in [-0.05, 0) is 41.8 Å². The highest BCUT2D eigenvalue weighted by Crippen LogP contribution is 2.50. The Kier molecular flexibility index (Phi) is 3.45. The molecule has 1 saturated heterocycles. The summed E-state index contributed by atoms with van der Waals surface area (Å²) in [6.45, 7) is 3.62. The van der Waals surface area contributed by atoms with E-state index in [0.29, 0.717) is 11.2 Å². The van der Waals surface area contributed by atoms with Crippen LogP contribution in [0.1, 0.15) is 37.1 Å². The Hall–Kier alpha value is -1.49. The van der Waals surface area contributed by atoms with Crippen molar-refractivity contribution >= 4 is 27.0 Å². The zero-order valence-electron chi connectivity index (χ0n) is 13.1. The molecule has 0 amide bonds. The number of nitrogens with zero attached hydrogens (tertiary/aromatic N) is 4. The van der Waals surface area contributed by atoms with Crippen LogP contribution in [0, 0.1) is 11.3 Å². The minimum absolute atomic E-state index is 0.103. The quantitative estimate of drug-likeness (QED) is 0.871. The number of aryl methyl sites for hydroxylation is 1. The van der Waals surface area contributed by atoms with Crippen LogP contribution in [0.5, 0.6) is 0 Å². The number of ether oxygens (including phenoxy) is 1. The monoisotopic (exact) mass is 375 g/mol. The second-order valence-electron chi connectivity index (χ2n) is 6.43. The molecule has 0 aromatic carbocycles. The molecule has 2 atom stereocenters. The van der Waals surface area contributed by atoms with Gasteiger partial charge < -0.3 is 10.1 Å². The lowest BCUT2D eigenvalue weighted by molar-refractivity contribution is -0.00268. The number of halogens is 1. The van der Waals surface area contributed by atoms with Gasteiger partial charge in [0.15, 0.2) is 4.60 Å². The van der Waals surface area contributed by atoms with Crippen LogP contribution in [0.3, 0.4) is 0 Å². The number of morpholine rings is 1. The zero-order valence-corrected chi connectivity index (χ0v) is 14.7. The number of fused-ring (bicyclic) bond motifs is 1. The van der Waals surface area contributed by atoms with Gasteiger partial charge in [-0.15, -0.1) is 0 Å². The van der Waals surface area contributed by atoms with Crippen LogP contribution < -0.4 is 5.32 Å². The standard InChI is InChI=1S/C16H18BrN5O/c1-9-14(23-6-5-19-9)11-7-10(16(8-18)3-4-16)13-12(20-11)15(17)21-22(13)2/h7,9,14,19H,3-6H2,1-2H3. The largest absolute Gasteiger partial charge is 0.369 e. The number of nitriles is 1. The van der Waals surface area contributed by atoms with E-state index < -0.39 is 5.41 Å². The summed E-state index contributed by atoms with van der Waals surface area (Å²) in [5.41, 5.74) is 3.26. The molecule has 2 aromatic rings. The van der Waals surface area contributed by atoms with Crippen molar-refractivity contribution in [1.82, 2.24) is 20.1 Å². The maximum atomic E-state index is 9.66. The Balaban J connectivity index is 1.94. The molecule has 4 rings (SSSR count). The molecule has 2 unspecified atom stereocenters. The summed E-state index contributed by atoms with van der Waals surface area (Å²) >= 11 is 3.50. The van der Waals surface area contributed by atoms with Crippen molar-refractivity contribution in [1.29, 1.82) is 5.26 Å². The fourth-order valence-electron chi connectivity index (χ4n) is 3.40. The van der Waals surface area contributed by atoms with Crippen molar-refractivity contribution in [3.8, 4) is 6.07 Å². The number of rotatable bonds is 2. The molecule has 0 radical (unpaired) electrons. The first-order valence-corrected chi connectivity index (χ1v) is 8.65. The summed E-state index contributed by atoms with van der Waals surface area (Å²) < 4.78 is 8.47. The molecule has 7 heteroatoms. The number of hydrogen-bond donors (Lipinski definition) is 1. The van der Waals surface area contributed by atoms with Crippen molar-refractivity contribution in [3.05, 3.63) is 21.9 Å². The first-order valence-electron chi connectivity index (χ1n) is 7.85. The van der Waals surface area contributed by atoms with Crippen molar-refractivity contribution in [2.45, 2.75) is 37.3 Å². The molecule has 6 nitrogen and oxygen atoms in total. The number of aromatic nitrogens is 3. The van der Waals surface area contributed by atoms with Gasteiger partial charge in [-0.2, -0.15) is 10.4 Å². The van der Waals surface area contributed by atoms with Crippen LogP contribution in [0.4, 0.5) is 0 Å². The highest BCUT2D eigenvalue weighted by molar-refractivity contribution is 9.10. The fraction of sp³-hybridized carbons (Fsp3) is 0.562. The molecule has 1 N–H and O–H groups in total. The van der Waals surface area contributed by atoms with E-state index in [1.54, 1.807) is 0 Å². The van der Waals surface area contributed by atoms with E-state index in [1.807, 2.05) is 11.7 Å². The molecular weight excluding hydrogens is 358 g/mol. The lowest BCUT2D eigenvalue weighted by Gasteiger charge is -2.30. The number of nitrogens with one attached hydrogen (secondary N) is 1. The van der Waals surface area contributed by atoms with Gasteiger partial charge in [-0.25, -0.2) is 4.98 Å². The first kappa shape index (κ1) is 15.1. The van der Waals surface area contributed by atoms with Crippen molar-refractivity contribution < 1.29 is 4.74 Å². The average Bonchev–Trinajstić information content (AvgIpc) is 3.29. The molecule has 3 heterocycles. The molecule has 1 saturated carbocycles. The maximum absolute atomic E-state index is 9.66. The summed E-state index contributed by atoms with van der Waals surface area (Å²) in [6, 6.07) is 4.74.